The van der Waals surface area contributed by atoms with E-state index in [1.165, 1.54) is 43.3 Å². The van der Waals surface area contributed by atoms with Gasteiger partial charge in [0.05, 0.1) is 10.5 Å². The fourth-order valence-electron chi connectivity index (χ4n) is 1.84. The second-order valence-corrected chi connectivity index (χ2v) is 5.37. The third-order valence-electron chi connectivity index (χ3n) is 3.14. The second-order valence-electron chi connectivity index (χ2n) is 4.97. The van der Waals surface area contributed by atoms with Gasteiger partial charge < -0.3 is 10.1 Å². The summed E-state index contributed by atoms with van der Waals surface area (Å²) in [5.41, 5.74) is -0.228. The molecular formula is C16H12ClFN2O5. The van der Waals surface area contributed by atoms with Crippen LogP contribution in [0.2, 0.25) is 5.02 Å². The molecule has 25 heavy (non-hydrogen) atoms. The quantitative estimate of drug-likeness (QED) is 0.495. The fourth-order valence-corrected chi connectivity index (χ4v) is 2.03. The summed E-state index contributed by atoms with van der Waals surface area (Å²) in [5.74, 6) is -2.01. The van der Waals surface area contributed by atoms with Crippen LogP contribution in [0.1, 0.15) is 17.3 Å². The van der Waals surface area contributed by atoms with E-state index in [-0.39, 0.29) is 10.6 Å². The fraction of sp³-hybridized carbons (Fsp3) is 0.125. The average Bonchev–Trinajstić information content (AvgIpc) is 2.56. The van der Waals surface area contributed by atoms with Crippen LogP contribution in [0.15, 0.2) is 42.5 Å². The number of rotatable bonds is 5. The maximum absolute atomic E-state index is 12.8. The number of nitrogens with zero attached hydrogens (tertiary/aromatic N) is 1. The van der Waals surface area contributed by atoms with Crippen LogP contribution in [-0.2, 0) is 9.53 Å². The van der Waals surface area contributed by atoms with E-state index >= 15 is 0 Å². The van der Waals surface area contributed by atoms with Crippen LogP contribution < -0.4 is 5.32 Å². The molecule has 0 aromatic heterocycles. The molecule has 0 heterocycles. The summed E-state index contributed by atoms with van der Waals surface area (Å²) < 4.78 is 17.8. The minimum Gasteiger partial charge on any atom is -0.449 e. The maximum atomic E-state index is 12.8. The largest absolute Gasteiger partial charge is 0.449 e. The standard InChI is InChI=1S/C16H12ClFN2O5/c1-9(15(21)19-12-5-3-11(18)4-6-12)25-16(22)10-2-7-13(17)14(8-10)20(23)24/h2-9H,1H3,(H,19,21). The van der Waals surface area contributed by atoms with Crippen molar-refractivity contribution in [2.75, 3.05) is 5.32 Å². The number of amides is 1. The van der Waals surface area contributed by atoms with Crippen molar-refractivity contribution in [2.45, 2.75) is 13.0 Å². The lowest BCUT2D eigenvalue weighted by molar-refractivity contribution is -0.384. The molecule has 1 unspecified atom stereocenters. The third kappa shape index (κ3) is 4.74. The number of carbonyl (C=O) groups is 2. The molecule has 2 rings (SSSR count). The topological polar surface area (TPSA) is 98.5 Å². The van der Waals surface area contributed by atoms with Gasteiger partial charge in [0.25, 0.3) is 11.6 Å². The van der Waals surface area contributed by atoms with Gasteiger partial charge in [-0.15, -0.1) is 0 Å². The van der Waals surface area contributed by atoms with E-state index in [0.29, 0.717) is 5.69 Å². The maximum Gasteiger partial charge on any atom is 0.339 e. The normalized spacial score (nSPS) is 11.5. The first kappa shape index (κ1) is 18.3. The Kier molecular flexibility index (Phi) is 5.66. The monoisotopic (exact) mass is 366 g/mol. The van der Waals surface area contributed by atoms with Crippen molar-refractivity contribution in [1.82, 2.24) is 0 Å². The third-order valence-corrected chi connectivity index (χ3v) is 3.46. The molecule has 0 saturated carbocycles. The SMILES string of the molecule is CC(OC(=O)c1ccc(Cl)c([N+](=O)[O-])c1)C(=O)Nc1ccc(F)cc1. The molecular weight excluding hydrogens is 355 g/mol. The molecule has 0 bridgehead atoms. The van der Waals surface area contributed by atoms with Gasteiger partial charge in [0.15, 0.2) is 6.10 Å². The van der Waals surface area contributed by atoms with E-state index in [2.05, 4.69) is 5.32 Å². The zero-order valence-corrected chi connectivity index (χ0v) is 13.6. The molecule has 1 N–H and O–H groups in total. The van der Waals surface area contributed by atoms with E-state index < -0.39 is 34.4 Å². The van der Waals surface area contributed by atoms with Gasteiger partial charge in [0.2, 0.25) is 0 Å². The van der Waals surface area contributed by atoms with Gasteiger partial charge in [-0.05, 0) is 43.3 Å². The van der Waals surface area contributed by atoms with Crippen molar-refractivity contribution >= 4 is 34.9 Å². The Balaban J connectivity index is 2.04. The van der Waals surface area contributed by atoms with Crippen molar-refractivity contribution in [3.8, 4) is 0 Å². The van der Waals surface area contributed by atoms with Crippen LogP contribution >= 0.6 is 11.6 Å². The van der Waals surface area contributed by atoms with Crippen molar-refractivity contribution in [2.24, 2.45) is 0 Å². The molecule has 2 aromatic carbocycles. The smallest absolute Gasteiger partial charge is 0.339 e. The molecule has 1 atom stereocenters. The summed E-state index contributed by atoms with van der Waals surface area (Å²) in [5, 5.41) is 13.2. The first-order valence-corrected chi connectivity index (χ1v) is 7.37. The zero-order valence-electron chi connectivity index (χ0n) is 12.9. The van der Waals surface area contributed by atoms with E-state index in [9.17, 15) is 24.1 Å². The number of nitro groups is 1. The van der Waals surface area contributed by atoms with Crippen molar-refractivity contribution < 1.29 is 23.6 Å². The van der Waals surface area contributed by atoms with Crippen molar-refractivity contribution in [3.05, 3.63) is 69.0 Å². The molecule has 7 nitrogen and oxygen atoms in total. The molecule has 0 fully saturated rings. The Morgan fingerprint density at radius 3 is 2.48 bits per heavy atom. The summed E-state index contributed by atoms with van der Waals surface area (Å²) in [7, 11) is 0. The number of carbonyl (C=O) groups excluding carboxylic acids is 2. The van der Waals surface area contributed by atoms with Crippen LogP contribution in [-0.4, -0.2) is 22.9 Å². The van der Waals surface area contributed by atoms with Crippen molar-refractivity contribution in [3.63, 3.8) is 0 Å². The molecule has 9 heteroatoms. The first-order valence-electron chi connectivity index (χ1n) is 6.99. The van der Waals surface area contributed by atoms with Crippen LogP contribution in [0.4, 0.5) is 15.8 Å². The van der Waals surface area contributed by atoms with E-state index in [1.54, 1.807) is 0 Å². The minimum atomic E-state index is -1.17. The van der Waals surface area contributed by atoms with E-state index in [0.717, 1.165) is 6.07 Å². The van der Waals surface area contributed by atoms with Crippen molar-refractivity contribution in [1.29, 1.82) is 0 Å². The lowest BCUT2D eigenvalue weighted by Gasteiger charge is -2.13. The molecule has 0 aliphatic heterocycles. The summed E-state index contributed by atoms with van der Waals surface area (Å²) in [6, 6.07) is 8.45. The number of hydrogen-bond donors (Lipinski definition) is 1. The molecule has 0 saturated heterocycles. The summed E-state index contributed by atoms with van der Waals surface area (Å²) in [6.07, 6.45) is -1.17. The highest BCUT2D eigenvalue weighted by molar-refractivity contribution is 6.32. The number of nitro benzene ring substituents is 1. The van der Waals surface area contributed by atoms with Crippen LogP contribution in [0, 0.1) is 15.9 Å². The Hall–Kier alpha value is -3.00. The van der Waals surface area contributed by atoms with Gasteiger partial charge in [-0.1, -0.05) is 11.6 Å². The van der Waals surface area contributed by atoms with Gasteiger partial charge in [-0.3, -0.25) is 14.9 Å². The first-order chi connectivity index (χ1) is 11.8. The van der Waals surface area contributed by atoms with Gasteiger partial charge in [0, 0.05) is 11.8 Å². The second kappa shape index (κ2) is 7.71. The predicted molar refractivity (Wildman–Crippen MR) is 88.0 cm³/mol. The highest BCUT2D eigenvalue weighted by Crippen LogP contribution is 2.25. The molecule has 1 amide bonds. The Morgan fingerprint density at radius 1 is 1.24 bits per heavy atom. The lowest BCUT2D eigenvalue weighted by Crippen LogP contribution is -2.30. The lowest BCUT2D eigenvalue weighted by atomic mass is 10.2. The molecule has 0 aliphatic rings. The molecule has 130 valence electrons. The highest BCUT2D eigenvalue weighted by Gasteiger charge is 2.22. The molecule has 0 radical (unpaired) electrons. The number of ether oxygens (including phenoxy) is 1. The number of hydrogen-bond acceptors (Lipinski definition) is 5. The minimum absolute atomic E-state index is 0.113. The summed E-state index contributed by atoms with van der Waals surface area (Å²) in [6.45, 7) is 1.33. The van der Waals surface area contributed by atoms with Gasteiger partial charge in [0.1, 0.15) is 10.8 Å². The zero-order chi connectivity index (χ0) is 18.6. The van der Waals surface area contributed by atoms with E-state index in [1.807, 2.05) is 0 Å². The Labute approximate surface area is 146 Å². The van der Waals surface area contributed by atoms with Crippen LogP contribution in [0.5, 0.6) is 0 Å². The Bertz CT molecular complexity index is 826. The molecule has 2 aromatic rings. The van der Waals surface area contributed by atoms with Gasteiger partial charge >= 0.3 is 5.97 Å². The average molecular weight is 367 g/mol. The number of nitrogens with one attached hydrogen (secondary N) is 1. The van der Waals surface area contributed by atoms with Crippen LogP contribution in [0.25, 0.3) is 0 Å². The van der Waals surface area contributed by atoms with Gasteiger partial charge in [-0.25, -0.2) is 9.18 Å². The summed E-state index contributed by atoms with van der Waals surface area (Å²) >= 11 is 5.67. The summed E-state index contributed by atoms with van der Waals surface area (Å²) in [4.78, 5) is 34.1. The van der Waals surface area contributed by atoms with Crippen LogP contribution in [0.3, 0.4) is 0 Å². The molecule has 0 aliphatic carbocycles. The predicted octanol–water partition coefficient (Wildman–Crippen LogP) is 3.57. The van der Waals surface area contributed by atoms with Gasteiger partial charge in [-0.2, -0.15) is 0 Å². The Morgan fingerprint density at radius 2 is 1.88 bits per heavy atom. The number of benzene rings is 2. The number of halogens is 2. The molecule has 0 spiro atoms. The number of esters is 1. The van der Waals surface area contributed by atoms with E-state index in [4.69, 9.17) is 16.3 Å². The highest BCUT2D eigenvalue weighted by atomic mass is 35.5. The number of anilines is 1.